The van der Waals surface area contributed by atoms with Gasteiger partial charge >= 0.3 is 0 Å². The molecular formula is C14H14N2O4S. The third-order valence-corrected chi connectivity index (χ3v) is 3.94. The quantitative estimate of drug-likeness (QED) is 0.695. The Bertz CT molecular complexity index is 809. The van der Waals surface area contributed by atoms with Crippen LogP contribution in [0.3, 0.4) is 0 Å². The van der Waals surface area contributed by atoms with Gasteiger partial charge in [-0.25, -0.2) is 13.6 Å². The molecule has 0 aromatic heterocycles. The van der Waals surface area contributed by atoms with Crippen LogP contribution in [0.2, 0.25) is 0 Å². The smallest absolute Gasteiger partial charge is 0.258 e. The molecule has 0 aliphatic heterocycles. The minimum atomic E-state index is -3.98. The highest BCUT2D eigenvalue weighted by atomic mass is 32.2. The Morgan fingerprint density at radius 2 is 1.62 bits per heavy atom. The van der Waals surface area contributed by atoms with Gasteiger partial charge in [0, 0.05) is 6.07 Å². The SMILES string of the molecule is Cc1cc(C)cc(-c2ccc(S(N)(=O)=O)cc2[N+](=O)[O-])c1. The summed E-state index contributed by atoms with van der Waals surface area (Å²) in [4.78, 5) is 10.3. The van der Waals surface area contributed by atoms with Gasteiger partial charge in [0.05, 0.1) is 15.4 Å². The first-order chi connectivity index (χ1) is 9.68. The maximum Gasteiger partial charge on any atom is 0.278 e. The van der Waals surface area contributed by atoms with Crippen molar-refractivity contribution < 1.29 is 13.3 Å². The van der Waals surface area contributed by atoms with Crippen molar-refractivity contribution in [1.82, 2.24) is 0 Å². The Morgan fingerprint density at radius 3 is 2.10 bits per heavy atom. The molecule has 2 aromatic rings. The number of nitro benzene ring substituents is 1. The summed E-state index contributed by atoms with van der Waals surface area (Å²) in [6.45, 7) is 3.78. The highest BCUT2D eigenvalue weighted by Crippen LogP contribution is 2.32. The average Bonchev–Trinajstić information content (AvgIpc) is 2.35. The summed E-state index contributed by atoms with van der Waals surface area (Å²) < 4.78 is 22.6. The van der Waals surface area contributed by atoms with E-state index >= 15 is 0 Å². The summed E-state index contributed by atoms with van der Waals surface area (Å²) in [6.07, 6.45) is 0. The summed E-state index contributed by atoms with van der Waals surface area (Å²) >= 11 is 0. The Balaban J connectivity index is 2.72. The standard InChI is InChI=1S/C14H14N2O4S/c1-9-5-10(2)7-11(6-9)13-4-3-12(21(15,19)20)8-14(13)16(17)18/h3-8H,1-2H3,(H2,15,19,20). The van der Waals surface area contributed by atoms with Crippen molar-refractivity contribution in [2.45, 2.75) is 18.7 Å². The molecule has 2 aromatic carbocycles. The van der Waals surface area contributed by atoms with E-state index in [1.54, 1.807) is 0 Å². The van der Waals surface area contributed by atoms with E-state index in [0.29, 0.717) is 11.1 Å². The predicted octanol–water partition coefficient (Wildman–Crippen LogP) is 2.53. The van der Waals surface area contributed by atoms with E-state index in [0.717, 1.165) is 17.2 Å². The van der Waals surface area contributed by atoms with Crippen molar-refractivity contribution in [3.63, 3.8) is 0 Å². The molecule has 0 fully saturated rings. The molecule has 2 rings (SSSR count). The van der Waals surface area contributed by atoms with Crippen molar-refractivity contribution in [3.8, 4) is 11.1 Å². The van der Waals surface area contributed by atoms with E-state index in [4.69, 9.17) is 5.14 Å². The van der Waals surface area contributed by atoms with Crippen LogP contribution in [0, 0.1) is 24.0 Å². The van der Waals surface area contributed by atoms with Gasteiger partial charge in [-0.2, -0.15) is 0 Å². The topological polar surface area (TPSA) is 103 Å². The maximum absolute atomic E-state index is 11.3. The van der Waals surface area contributed by atoms with Crippen LogP contribution in [0.4, 0.5) is 5.69 Å². The number of aryl methyl sites for hydroxylation is 2. The lowest BCUT2D eigenvalue weighted by atomic mass is 9.99. The highest BCUT2D eigenvalue weighted by Gasteiger charge is 2.20. The van der Waals surface area contributed by atoms with Gasteiger partial charge in [-0.1, -0.05) is 29.3 Å². The summed E-state index contributed by atoms with van der Waals surface area (Å²) in [5.41, 5.74) is 2.68. The molecular weight excluding hydrogens is 292 g/mol. The lowest BCUT2D eigenvalue weighted by Crippen LogP contribution is -2.12. The number of nitrogens with zero attached hydrogens (tertiary/aromatic N) is 1. The van der Waals surface area contributed by atoms with Crippen LogP contribution in [-0.4, -0.2) is 13.3 Å². The Morgan fingerprint density at radius 1 is 1.05 bits per heavy atom. The fourth-order valence-electron chi connectivity index (χ4n) is 2.21. The molecule has 0 amide bonds. The summed E-state index contributed by atoms with van der Waals surface area (Å²) in [7, 11) is -3.98. The fraction of sp³-hybridized carbons (Fsp3) is 0.143. The zero-order valence-electron chi connectivity index (χ0n) is 11.5. The second kappa shape index (κ2) is 5.27. The molecule has 6 nitrogen and oxygen atoms in total. The second-order valence-corrected chi connectivity index (χ2v) is 6.42. The molecule has 0 radical (unpaired) electrons. The lowest BCUT2D eigenvalue weighted by Gasteiger charge is -2.07. The first kappa shape index (κ1) is 15.1. The minimum Gasteiger partial charge on any atom is -0.258 e. The van der Waals surface area contributed by atoms with Crippen LogP contribution < -0.4 is 5.14 Å². The normalized spacial score (nSPS) is 11.4. The number of benzene rings is 2. The molecule has 0 bridgehead atoms. The zero-order chi connectivity index (χ0) is 15.8. The van der Waals surface area contributed by atoms with Crippen molar-refractivity contribution in [2.24, 2.45) is 5.14 Å². The lowest BCUT2D eigenvalue weighted by molar-refractivity contribution is -0.384. The Hall–Kier alpha value is -2.25. The highest BCUT2D eigenvalue weighted by molar-refractivity contribution is 7.89. The Kier molecular flexibility index (Phi) is 3.80. The summed E-state index contributed by atoms with van der Waals surface area (Å²) in [5.74, 6) is 0. The molecule has 7 heteroatoms. The minimum absolute atomic E-state index is 0.276. The average molecular weight is 306 g/mol. The number of hydrogen-bond donors (Lipinski definition) is 1. The van der Waals surface area contributed by atoms with E-state index in [9.17, 15) is 18.5 Å². The van der Waals surface area contributed by atoms with Gasteiger partial charge in [-0.05, 0) is 31.5 Å². The molecule has 0 saturated carbocycles. The third-order valence-electron chi connectivity index (χ3n) is 3.03. The van der Waals surface area contributed by atoms with E-state index < -0.39 is 14.9 Å². The van der Waals surface area contributed by atoms with E-state index in [-0.39, 0.29) is 10.6 Å². The molecule has 110 valence electrons. The van der Waals surface area contributed by atoms with Gasteiger partial charge in [-0.15, -0.1) is 0 Å². The van der Waals surface area contributed by atoms with Crippen molar-refractivity contribution in [1.29, 1.82) is 0 Å². The zero-order valence-corrected chi connectivity index (χ0v) is 12.3. The van der Waals surface area contributed by atoms with E-state index in [1.807, 2.05) is 32.0 Å². The fourth-order valence-corrected chi connectivity index (χ4v) is 2.75. The van der Waals surface area contributed by atoms with Gasteiger partial charge in [0.25, 0.3) is 5.69 Å². The number of sulfonamides is 1. The molecule has 0 aliphatic carbocycles. The van der Waals surface area contributed by atoms with Crippen LogP contribution in [0.25, 0.3) is 11.1 Å². The predicted molar refractivity (Wildman–Crippen MR) is 79.4 cm³/mol. The largest absolute Gasteiger partial charge is 0.278 e. The maximum atomic E-state index is 11.3. The number of rotatable bonds is 3. The van der Waals surface area contributed by atoms with Crippen molar-refractivity contribution in [2.75, 3.05) is 0 Å². The second-order valence-electron chi connectivity index (χ2n) is 4.86. The van der Waals surface area contributed by atoms with Crippen LogP contribution in [0.5, 0.6) is 0 Å². The van der Waals surface area contributed by atoms with Gasteiger partial charge in [-0.3, -0.25) is 10.1 Å². The van der Waals surface area contributed by atoms with Gasteiger partial charge < -0.3 is 0 Å². The van der Waals surface area contributed by atoms with Crippen LogP contribution in [0.1, 0.15) is 11.1 Å². The van der Waals surface area contributed by atoms with E-state index in [1.165, 1.54) is 12.1 Å². The van der Waals surface area contributed by atoms with Crippen LogP contribution >= 0.6 is 0 Å². The van der Waals surface area contributed by atoms with Crippen molar-refractivity contribution in [3.05, 3.63) is 57.6 Å². The molecule has 0 atom stereocenters. The van der Waals surface area contributed by atoms with Crippen LogP contribution in [-0.2, 0) is 10.0 Å². The molecule has 0 aliphatic rings. The molecule has 21 heavy (non-hydrogen) atoms. The number of primary sulfonamides is 1. The monoisotopic (exact) mass is 306 g/mol. The molecule has 0 spiro atoms. The van der Waals surface area contributed by atoms with Crippen LogP contribution in [0.15, 0.2) is 41.3 Å². The van der Waals surface area contributed by atoms with Gasteiger partial charge in [0.15, 0.2) is 0 Å². The van der Waals surface area contributed by atoms with E-state index in [2.05, 4.69) is 0 Å². The molecule has 2 N–H and O–H groups in total. The molecule has 0 saturated heterocycles. The first-order valence-corrected chi connectivity index (χ1v) is 7.63. The third kappa shape index (κ3) is 3.26. The number of nitrogens with two attached hydrogens (primary N) is 1. The molecule has 0 unspecified atom stereocenters. The molecule has 0 heterocycles. The summed E-state index contributed by atoms with van der Waals surface area (Å²) in [6, 6.07) is 9.25. The summed E-state index contributed by atoms with van der Waals surface area (Å²) in [5, 5.41) is 16.2. The van der Waals surface area contributed by atoms with Crippen molar-refractivity contribution >= 4 is 15.7 Å². The first-order valence-electron chi connectivity index (χ1n) is 6.08. The van der Waals surface area contributed by atoms with Gasteiger partial charge in [0.2, 0.25) is 10.0 Å². The number of hydrogen-bond acceptors (Lipinski definition) is 4. The van der Waals surface area contributed by atoms with Gasteiger partial charge in [0.1, 0.15) is 0 Å². The number of nitro groups is 1. The Labute approximate surface area is 122 Å².